The molecule has 0 saturated heterocycles. The molecule has 1 aliphatic rings. The Morgan fingerprint density at radius 2 is 0.846 bits per heavy atom. The van der Waals surface area contributed by atoms with Crippen molar-refractivity contribution in [3.05, 3.63) is 36.5 Å². The summed E-state index contributed by atoms with van der Waals surface area (Å²) in [6.07, 6.45) is 34.9. The van der Waals surface area contributed by atoms with Crippen LogP contribution in [0.1, 0.15) is 219 Å². The van der Waals surface area contributed by atoms with Crippen molar-refractivity contribution in [3.8, 4) is 0 Å². The smallest absolute Gasteiger partial charge is 0.462 e. The minimum absolute atomic E-state index is 0.0270. The van der Waals surface area contributed by atoms with Crippen molar-refractivity contribution in [3.63, 3.8) is 0 Å². The molecule has 6 N–H and O–H groups in total. The first kappa shape index (κ1) is 61.1. The lowest BCUT2D eigenvalue weighted by Gasteiger charge is -2.41. The molecule has 0 spiro atoms. The van der Waals surface area contributed by atoms with Crippen LogP contribution in [0.4, 0.5) is 0 Å². The Balaban J connectivity index is 2.43. The molecule has 380 valence electrons. The first-order valence-electron chi connectivity index (χ1n) is 25.8. The van der Waals surface area contributed by atoms with Gasteiger partial charge in [0.1, 0.15) is 43.2 Å². The number of carbonyl (C=O) groups excluding carboxylic acids is 2. The highest BCUT2D eigenvalue weighted by Gasteiger charge is 2.51. The normalized spacial score (nSPS) is 21.7. The van der Waals surface area contributed by atoms with Crippen LogP contribution in [0.2, 0.25) is 0 Å². The molecule has 0 radical (unpaired) electrons. The summed E-state index contributed by atoms with van der Waals surface area (Å²) in [5.41, 5.74) is 0. The van der Waals surface area contributed by atoms with E-state index in [1.165, 1.54) is 135 Å². The molecule has 0 amide bonds. The largest absolute Gasteiger partial charge is 0.472 e. The van der Waals surface area contributed by atoms with Gasteiger partial charge in [-0.3, -0.25) is 18.6 Å². The molecule has 0 aromatic carbocycles. The molecule has 1 saturated carbocycles. The molecular weight excluding hydrogens is 852 g/mol. The van der Waals surface area contributed by atoms with Gasteiger partial charge >= 0.3 is 19.8 Å². The molecule has 65 heavy (non-hydrogen) atoms. The van der Waals surface area contributed by atoms with Crippen LogP contribution in [0.15, 0.2) is 36.5 Å². The van der Waals surface area contributed by atoms with Crippen molar-refractivity contribution >= 4 is 19.8 Å². The second-order valence-electron chi connectivity index (χ2n) is 18.0. The third-order valence-corrected chi connectivity index (χ3v) is 13.0. The summed E-state index contributed by atoms with van der Waals surface area (Å²) < 4.78 is 33.6. The van der Waals surface area contributed by atoms with Crippen molar-refractivity contribution in [1.29, 1.82) is 0 Å². The Bertz CT molecular complexity index is 1280. The van der Waals surface area contributed by atoms with E-state index in [1.807, 2.05) is 12.2 Å². The summed E-state index contributed by atoms with van der Waals surface area (Å²) in [6, 6.07) is 0. The van der Waals surface area contributed by atoms with E-state index in [-0.39, 0.29) is 12.8 Å². The Kier molecular flexibility index (Phi) is 38.6. The fourth-order valence-corrected chi connectivity index (χ4v) is 8.81. The number of phosphoric ester groups is 1. The van der Waals surface area contributed by atoms with E-state index in [9.17, 15) is 44.6 Å². The van der Waals surface area contributed by atoms with Crippen LogP contribution in [0, 0.1) is 0 Å². The summed E-state index contributed by atoms with van der Waals surface area (Å²) in [7, 11) is -5.13. The summed E-state index contributed by atoms with van der Waals surface area (Å²) >= 11 is 0. The minimum atomic E-state index is -5.13. The molecule has 0 bridgehead atoms. The summed E-state index contributed by atoms with van der Waals surface area (Å²) in [4.78, 5) is 35.8. The monoisotopic (exact) mass is 945 g/mol. The molecule has 1 aliphatic carbocycles. The van der Waals surface area contributed by atoms with Crippen molar-refractivity contribution < 1.29 is 63.1 Å². The van der Waals surface area contributed by atoms with Crippen LogP contribution in [-0.4, -0.2) is 98.3 Å². The van der Waals surface area contributed by atoms with Gasteiger partial charge in [0.25, 0.3) is 0 Å². The van der Waals surface area contributed by atoms with Gasteiger partial charge in [0.05, 0.1) is 6.61 Å². The Morgan fingerprint density at radius 1 is 0.477 bits per heavy atom. The number of hydrogen-bond donors (Lipinski definition) is 6. The lowest BCUT2D eigenvalue weighted by atomic mass is 9.85. The van der Waals surface area contributed by atoms with Crippen LogP contribution < -0.4 is 0 Å². The second-order valence-corrected chi connectivity index (χ2v) is 19.4. The van der Waals surface area contributed by atoms with Gasteiger partial charge in [-0.2, -0.15) is 0 Å². The number of phosphoric acid groups is 1. The molecule has 0 heterocycles. The summed E-state index contributed by atoms with van der Waals surface area (Å²) in [6.45, 7) is 3.28. The average Bonchev–Trinajstić information content (AvgIpc) is 3.29. The van der Waals surface area contributed by atoms with E-state index in [2.05, 4.69) is 38.2 Å². The fraction of sp³-hybridized carbons (Fsp3) is 0.843. The van der Waals surface area contributed by atoms with Crippen molar-refractivity contribution in [2.75, 3.05) is 13.2 Å². The number of esters is 2. The molecule has 6 unspecified atom stereocenters. The van der Waals surface area contributed by atoms with Crippen LogP contribution in [0.25, 0.3) is 0 Å². The molecule has 0 aromatic rings. The maximum atomic E-state index is 12.8. The number of aliphatic hydroxyl groups excluding tert-OH is 5. The highest BCUT2D eigenvalue weighted by atomic mass is 31.2. The van der Waals surface area contributed by atoms with Crippen LogP contribution in [0.3, 0.4) is 0 Å². The minimum Gasteiger partial charge on any atom is -0.462 e. The molecule has 13 nitrogen and oxygen atoms in total. The molecule has 0 aliphatic heterocycles. The maximum Gasteiger partial charge on any atom is 0.472 e. The van der Waals surface area contributed by atoms with Gasteiger partial charge in [-0.15, -0.1) is 0 Å². The van der Waals surface area contributed by atoms with Crippen molar-refractivity contribution in [1.82, 2.24) is 0 Å². The predicted molar refractivity (Wildman–Crippen MR) is 258 cm³/mol. The fourth-order valence-electron chi connectivity index (χ4n) is 7.83. The molecule has 8 atom stereocenters. The number of hydrogen-bond acceptors (Lipinski definition) is 12. The van der Waals surface area contributed by atoms with E-state index in [4.69, 9.17) is 18.5 Å². The lowest BCUT2D eigenvalue weighted by molar-refractivity contribution is -0.220. The number of ether oxygens (including phenoxy) is 2. The van der Waals surface area contributed by atoms with E-state index in [1.54, 1.807) is 0 Å². The van der Waals surface area contributed by atoms with Crippen molar-refractivity contribution in [2.45, 2.75) is 262 Å². The zero-order valence-electron chi connectivity index (χ0n) is 40.5. The SMILES string of the molecule is CCCCCCCC/C=C/C/C=C/C/C=C/CCCC(=O)O[C@@H](COC(=O)CCCCCCCCCCCCCCCCCCCCC)COP(=O)(O)OC1C(O)C(O)C(O)[C@H](O)C1O. The van der Waals surface area contributed by atoms with Gasteiger partial charge in [0.2, 0.25) is 0 Å². The standard InChI is InChI=1S/C51H93O13P/c1-3-5-7-9-11-13-15-17-19-21-22-24-25-27-29-31-33-35-37-39-44(52)61-41-43(42-62-65(59,60)64-51-49(57)47(55)46(54)48(56)50(51)58)63-45(53)40-38-36-34-32-30-28-26-23-20-18-16-14-12-10-8-6-4-2/h18,20,26,28,32,34,43,46-51,54-58H,3-17,19,21-25,27,29-31,33,35-42H2,1-2H3,(H,59,60)/b20-18+,28-26+,34-32+/t43-,46?,47-,48?,49?,50?,51?/m0/s1. The molecular formula is C51H93O13P. The number of allylic oxidation sites excluding steroid dienone is 6. The number of rotatable bonds is 43. The Morgan fingerprint density at radius 3 is 1.31 bits per heavy atom. The van der Waals surface area contributed by atoms with Crippen molar-refractivity contribution in [2.24, 2.45) is 0 Å². The molecule has 14 heteroatoms. The third-order valence-electron chi connectivity index (χ3n) is 12.0. The highest BCUT2D eigenvalue weighted by Crippen LogP contribution is 2.47. The summed E-state index contributed by atoms with van der Waals surface area (Å²) in [5.74, 6) is -1.15. The van der Waals surface area contributed by atoms with Gasteiger partial charge in [-0.25, -0.2) is 4.57 Å². The zero-order chi connectivity index (χ0) is 47.8. The molecule has 1 rings (SSSR count). The van der Waals surface area contributed by atoms with E-state index in [0.29, 0.717) is 19.3 Å². The number of carbonyl (C=O) groups is 2. The lowest BCUT2D eigenvalue weighted by Crippen LogP contribution is -2.64. The number of unbranched alkanes of at least 4 members (excludes halogenated alkanes) is 25. The van der Waals surface area contributed by atoms with Gasteiger partial charge in [0.15, 0.2) is 6.10 Å². The van der Waals surface area contributed by atoms with Gasteiger partial charge in [-0.05, 0) is 44.9 Å². The zero-order valence-corrected chi connectivity index (χ0v) is 41.4. The third kappa shape index (κ3) is 33.3. The summed E-state index contributed by atoms with van der Waals surface area (Å²) in [5, 5.41) is 50.2. The van der Waals surface area contributed by atoms with Gasteiger partial charge in [0, 0.05) is 12.8 Å². The maximum absolute atomic E-state index is 12.8. The van der Waals surface area contributed by atoms with Gasteiger partial charge < -0.3 is 39.9 Å². The second kappa shape index (κ2) is 41.1. The average molecular weight is 945 g/mol. The topological polar surface area (TPSA) is 210 Å². The number of aliphatic hydroxyl groups is 5. The van der Waals surface area contributed by atoms with Crippen LogP contribution in [0.5, 0.6) is 0 Å². The van der Waals surface area contributed by atoms with Gasteiger partial charge in [-0.1, -0.05) is 198 Å². The quantitative estimate of drug-likeness (QED) is 0.0146. The Labute approximate surface area is 393 Å². The molecule has 1 fully saturated rings. The first-order chi connectivity index (χ1) is 31.4. The molecule has 0 aromatic heterocycles. The van der Waals surface area contributed by atoms with Crippen LogP contribution >= 0.6 is 7.82 Å². The first-order valence-corrected chi connectivity index (χ1v) is 27.3. The predicted octanol–water partition coefficient (Wildman–Crippen LogP) is 11.0. The van der Waals surface area contributed by atoms with E-state index < -0.39 is 75.7 Å². The highest BCUT2D eigenvalue weighted by molar-refractivity contribution is 7.47. The van der Waals surface area contributed by atoms with Crippen LogP contribution in [-0.2, 0) is 32.7 Å². The Hall–Kier alpha value is -1.93. The van der Waals surface area contributed by atoms with E-state index in [0.717, 1.165) is 38.5 Å². The van der Waals surface area contributed by atoms with E-state index >= 15 is 0 Å².